The third-order valence-electron chi connectivity index (χ3n) is 3.46. The van der Waals surface area contributed by atoms with Crippen LogP contribution in [-0.2, 0) is 0 Å². The van der Waals surface area contributed by atoms with Gasteiger partial charge in [-0.25, -0.2) is 4.98 Å². The van der Waals surface area contributed by atoms with E-state index in [0.717, 1.165) is 17.8 Å². The van der Waals surface area contributed by atoms with Crippen LogP contribution in [0.15, 0.2) is 28.6 Å². The highest BCUT2D eigenvalue weighted by molar-refractivity contribution is 8.01. The van der Waals surface area contributed by atoms with Crippen molar-refractivity contribution in [3.05, 3.63) is 24.3 Å². The van der Waals surface area contributed by atoms with Crippen LogP contribution in [0.3, 0.4) is 0 Å². The van der Waals surface area contributed by atoms with Gasteiger partial charge in [0, 0.05) is 11.8 Å². The summed E-state index contributed by atoms with van der Waals surface area (Å²) in [5.74, 6) is 1.81. The second-order valence-electron chi connectivity index (χ2n) is 4.81. The molecule has 1 heterocycles. The summed E-state index contributed by atoms with van der Waals surface area (Å²) >= 11 is 3.68. The van der Waals surface area contributed by atoms with Crippen LogP contribution >= 0.6 is 23.1 Å². The van der Waals surface area contributed by atoms with Crippen LogP contribution in [0, 0.1) is 5.92 Å². The van der Waals surface area contributed by atoms with Gasteiger partial charge in [-0.3, -0.25) is 0 Å². The summed E-state index contributed by atoms with van der Waals surface area (Å²) in [6.07, 6.45) is 1.22. The first-order valence-corrected chi connectivity index (χ1v) is 8.76. The van der Waals surface area contributed by atoms with Crippen molar-refractivity contribution in [3.63, 3.8) is 0 Å². The minimum Gasteiger partial charge on any atom is -0.313 e. The SMILES string of the molecule is CCNC(CSc1nc2ccccc2s1)C(C)CC. The number of thioether (sulfide) groups is 1. The third-order valence-corrected chi connectivity index (χ3v) is 5.76. The van der Waals surface area contributed by atoms with Crippen molar-refractivity contribution in [2.24, 2.45) is 5.92 Å². The first kappa shape index (κ1) is 14.8. The van der Waals surface area contributed by atoms with Gasteiger partial charge in [0.15, 0.2) is 4.34 Å². The first-order chi connectivity index (χ1) is 9.24. The lowest BCUT2D eigenvalue weighted by atomic mass is 10.0. The summed E-state index contributed by atoms with van der Waals surface area (Å²) in [4.78, 5) is 4.68. The van der Waals surface area contributed by atoms with E-state index >= 15 is 0 Å². The van der Waals surface area contributed by atoms with Crippen molar-refractivity contribution in [2.75, 3.05) is 12.3 Å². The van der Waals surface area contributed by atoms with E-state index in [4.69, 9.17) is 0 Å². The minimum atomic E-state index is 0.576. The summed E-state index contributed by atoms with van der Waals surface area (Å²) in [6.45, 7) is 7.80. The molecular formula is C15H22N2S2. The van der Waals surface area contributed by atoms with Gasteiger partial charge in [-0.1, -0.05) is 51.1 Å². The van der Waals surface area contributed by atoms with Crippen molar-refractivity contribution in [1.82, 2.24) is 10.3 Å². The molecule has 1 aromatic heterocycles. The molecule has 0 saturated heterocycles. The number of rotatable bonds is 7. The Hall–Kier alpha value is -0.580. The zero-order valence-corrected chi connectivity index (χ0v) is 13.5. The van der Waals surface area contributed by atoms with Gasteiger partial charge in [-0.15, -0.1) is 11.3 Å². The zero-order chi connectivity index (χ0) is 13.7. The van der Waals surface area contributed by atoms with Crippen molar-refractivity contribution >= 4 is 33.3 Å². The standard InChI is InChI=1S/C15H22N2S2/c1-4-11(3)13(16-5-2)10-18-15-17-12-8-6-7-9-14(12)19-15/h6-9,11,13,16H,4-5,10H2,1-3H3. The summed E-state index contributed by atoms with van der Waals surface area (Å²) < 4.78 is 2.47. The van der Waals surface area contributed by atoms with Gasteiger partial charge in [0.05, 0.1) is 10.2 Å². The van der Waals surface area contributed by atoms with Crippen LogP contribution < -0.4 is 5.32 Å². The van der Waals surface area contributed by atoms with Gasteiger partial charge in [0.2, 0.25) is 0 Å². The van der Waals surface area contributed by atoms with Crippen LogP contribution in [0.1, 0.15) is 27.2 Å². The van der Waals surface area contributed by atoms with Crippen molar-refractivity contribution < 1.29 is 0 Å². The number of aromatic nitrogens is 1. The quantitative estimate of drug-likeness (QED) is 0.766. The topological polar surface area (TPSA) is 24.9 Å². The molecule has 0 radical (unpaired) electrons. The van der Waals surface area contributed by atoms with Gasteiger partial charge in [0.1, 0.15) is 0 Å². The van der Waals surface area contributed by atoms with Crippen molar-refractivity contribution in [1.29, 1.82) is 0 Å². The molecule has 2 aromatic rings. The van der Waals surface area contributed by atoms with Crippen molar-refractivity contribution in [2.45, 2.75) is 37.6 Å². The molecular weight excluding hydrogens is 272 g/mol. The van der Waals surface area contributed by atoms with E-state index in [1.807, 2.05) is 11.8 Å². The van der Waals surface area contributed by atoms with Crippen LogP contribution in [0.5, 0.6) is 0 Å². The van der Waals surface area contributed by atoms with E-state index < -0.39 is 0 Å². The van der Waals surface area contributed by atoms with Gasteiger partial charge in [0.25, 0.3) is 0 Å². The Bertz CT molecular complexity index is 477. The average Bonchev–Trinajstić information content (AvgIpc) is 2.85. The molecule has 19 heavy (non-hydrogen) atoms. The fourth-order valence-corrected chi connectivity index (χ4v) is 4.38. The average molecular weight is 294 g/mol. The number of fused-ring (bicyclic) bond motifs is 1. The molecule has 1 aromatic carbocycles. The molecule has 0 aliphatic rings. The maximum Gasteiger partial charge on any atom is 0.151 e. The summed E-state index contributed by atoms with van der Waals surface area (Å²) in [5, 5.41) is 3.59. The van der Waals surface area contributed by atoms with E-state index in [9.17, 15) is 0 Å². The van der Waals surface area contributed by atoms with Gasteiger partial charge in [-0.05, 0) is 24.6 Å². The Labute approximate surface area is 124 Å². The van der Waals surface area contributed by atoms with Crippen LogP contribution in [0.4, 0.5) is 0 Å². The fourth-order valence-electron chi connectivity index (χ4n) is 2.04. The number of para-hydroxylation sites is 1. The lowest BCUT2D eigenvalue weighted by Crippen LogP contribution is -2.36. The Kier molecular flexibility index (Phi) is 5.67. The van der Waals surface area contributed by atoms with E-state index in [-0.39, 0.29) is 0 Å². The Balaban J connectivity index is 1.99. The van der Waals surface area contributed by atoms with E-state index in [2.05, 4.69) is 55.3 Å². The van der Waals surface area contributed by atoms with Crippen LogP contribution in [-0.4, -0.2) is 23.3 Å². The molecule has 2 atom stereocenters. The molecule has 0 fully saturated rings. The lowest BCUT2D eigenvalue weighted by molar-refractivity contribution is 0.404. The molecule has 4 heteroatoms. The fraction of sp³-hybridized carbons (Fsp3) is 0.533. The molecule has 0 saturated carbocycles. The van der Waals surface area contributed by atoms with E-state index in [1.54, 1.807) is 11.3 Å². The number of hydrogen-bond acceptors (Lipinski definition) is 4. The predicted octanol–water partition coefficient (Wildman–Crippen LogP) is 4.41. The monoisotopic (exact) mass is 294 g/mol. The third kappa shape index (κ3) is 3.94. The second kappa shape index (κ2) is 7.27. The molecule has 2 unspecified atom stereocenters. The normalized spacial score (nSPS) is 14.7. The van der Waals surface area contributed by atoms with Crippen LogP contribution in [0.25, 0.3) is 10.2 Å². The number of hydrogen-bond donors (Lipinski definition) is 1. The molecule has 2 nitrogen and oxygen atoms in total. The molecule has 2 rings (SSSR count). The highest BCUT2D eigenvalue weighted by Crippen LogP contribution is 2.30. The summed E-state index contributed by atoms with van der Waals surface area (Å²) in [6, 6.07) is 8.94. The van der Waals surface area contributed by atoms with Crippen LogP contribution in [0.2, 0.25) is 0 Å². The molecule has 104 valence electrons. The second-order valence-corrected chi connectivity index (χ2v) is 7.11. The van der Waals surface area contributed by atoms with E-state index in [0.29, 0.717) is 12.0 Å². The molecule has 0 aliphatic heterocycles. The lowest BCUT2D eigenvalue weighted by Gasteiger charge is -2.22. The Morgan fingerprint density at radius 3 is 2.79 bits per heavy atom. The smallest absolute Gasteiger partial charge is 0.151 e. The first-order valence-electron chi connectivity index (χ1n) is 6.96. The zero-order valence-electron chi connectivity index (χ0n) is 11.8. The minimum absolute atomic E-state index is 0.576. The Morgan fingerprint density at radius 1 is 1.32 bits per heavy atom. The molecule has 0 amide bonds. The van der Waals surface area contributed by atoms with Gasteiger partial charge >= 0.3 is 0 Å². The molecule has 0 bridgehead atoms. The number of benzene rings is 1. The van der Waals surface area contributed by atoms with Crippen molar-refractivity contribution in [3.8, 4) is 0 Å². The van der Waals surface area contributed by atoms with Gasteiger partial charge in [-0.2, -0.15) is 0 Å². The molecule has 0 aliphatic carbocycles. The van der Waals surface area contributed by atoms with E-state index in [1.165, 1.54) is 15.5 Å². The predicted molar refractivity (Wildman–Crippen MR) is 87.3 cm³/mol. The number of nitrogens with one attached hydrogen (secondary N) is 1. The molecule has 0 spiro atoms. The number of thiazole rings is 1. The Morgan fingerprint density at radius 2 is 2.11 bits per heavy atom. The number of nitrogens with zero attached hydrogens (tertiary/aromatic N) is 1. The summed E-state index contributed by atoms with van der Waals surface area (Å²) in [5.41, 5.74) is 1.12. The summed E-state index contributed by atoms with van der Waals surface area (Å²) in [7, 11) is 0. The molecule has 1 N–H and O–H groups in total. The highest BCUT2D eigenvalue weighted by Gasteiger charge is 2.15. The maximum absolute atomic E-state index is 4.68. The van der Waals surface area contributed by atoms with Gasteiger partial charge < -0.3 is 5.32 Å². The maximum atomic E-state index is 4.68. The largest absolute Gasteiger partial charge is 0.313 e. The highest BCUT2D eigenvalue weighted by atomic mass is 32.2.